The summed E-state index contributed by atoms with van der Waals surface area (Å²) in [7, 11) is 0. The topological polar surface area (TPSA) is 68.2 Å². The van der Waals surface area contributed by atoms with E-state index in [-0.39, 0.29) is 0 Å². The zero-order chi connectivity index (χ0) is 13.4. The van der Waals surface area contributed by atoms with E-state index in [1.807, 2.05) is 13.8 Å². The molecule has 3 rings (SSSR count). The molecule has 3 heterocycles. The largest absolute Gasteiger partial charge is 0.338 e. The van der Waals surface area contributed by atoms with Crippen LogP contribution in [-0.4, -0.2) is 19.5 Å². The minimum absolute atomic E-state index is 0.566. The van der Waals surface area contributed by atoms with Crippen molar-refractivity contribution in [2.24, 2.45) is 0 Å². The molecule has 7 heteroatoms. The highest BCUT2D eigenvalue weighted by atomic mass is 32.1. The van der Waals surface area contributed by atoms with E-state index in [0.29, 0.717) is 18.3 Å². The zero-order valence-corrected chi connectivity index (χ0v) is 11.9. The van der Waals surface area contributed by atoms with Gasteiger partial charge in [0.25, 0.3) is 0 Å². The normalized spacial score (nSPS) is 11.5. The van der Waals surface area contributed by atoms with Crippen LogP contribution in [0.5, 0.6) is 0 Å². The van der Waals surface area contributed by atoms with E-state index < -0.39 is 0 Å². The minimum atomic E-state index is 0.566. The third-order valence-electron chi connectivity index (χ3n) is 2.88. The summed E-state index contributed by atoms with van der Waals surface area (Å²) < 4.78 is 7.20. The number of imidazole rings is 1. The fourth-order valence-electron chi connectivity index (χ4n) is 2.02. The average Bonchev–Trinajstić information content (AvgIpc) is 2.97. The molecule has 0 saturated heterocycles. The molecule has 0 spiro atoms. The predicted octanol–water partition coefficient (Wildman–Crippen LogP) is 1.99. The molecular weight excluding hydrogens is 262 g/mol. The minimum Gasteiger partial charge on any atom is -0.338 e. The van der Waals surface area contributed by atoms with Gasteiger partial charge in [0.05, 0.1) is 17.9 Å². The van der Waals surface area contributed by atoms with E-state index in [2.05, 4.69) is 38.0 Å². The summed E-state index contributed by atoms with van der Waals surface area (Å²) in [5, 5.41) is 7.07. The summed E-state index contributed by atoms with van der Waals surface area (Å²) >= 11 is 1.70. The number of nitrogens with one attached hydrogen (secondary N) is 1. The van der Waals surface area contributed by atoms with E-state index in [1.165, 1.54) is 10.6 Å². The Morgan fingerprint density at radius 2 is 2.11 bits per heavy atom. The first kappa shape index (κ1) is 12.3. The lowest BCUT2D eigenvalue weighted by Gasteiger charge is -2.02. The van der Waals surface area contributed by atoms with Crippen molar-refractivity contribution >= 4 is 16.3 Å². The van der Waals surface area contributed by atoms with Gasteiger partial charge in [0, 0.05) is 17.6 Å². The second-order valence-corrected chi connectivity index (χ2v) is 5.69. The van der Waals surface area contributed by atoms with E-state index in [0.717, 1.165) is 17.2 Å². The molecule has 0 aliphatic heterocycles. The van der Waals surface area contributed by atoms with Crippen LogP contribution in [0.3, 0.4) is 0 Å². The zero-order valence-electron chi connectivity index (χ0n) is 11.1. The van der Waals surface area contributed by atoms with Gasteiger partial charge in [-0.05, 0) is 20.8 Å². The second-order valence-electron chi connectivity index (χ2n) is 4.48. The highest BCUT2D eigenvalue weighted by Crippen LogP contribution is 2.20. The number of aromatic nitrogens is 4. The van der Waals surface area contributed by atoms with Gasteiger partial charge in [-0.25, -0.2) is 4.98 Å². The molecule has 0 saturated carbocycles. The number of nitrogens with zero attached hydrogens (tertiary/aromatic N) is 4. The first-order chi connectivity index (χ1) is 9.13. The van der Waals surface area contributed by atoms with Crippen molar-refractivity contribution in [2.75, 3.05) is 0 Å². The smallest absolute Gasteiger partial charge is 0.240 e. The van der Waals surface area contributed by atoms with Gasteiger partial charge in [0.2, 0.25) is 5.89 Å². The molecule has 0 atom stereocenters. The van der Waals surface area contributed by atoms with Crippen LogP contribution in [0.25, 0.3) is 4.96 Å². The van der Waals surface area contributed by atoms with Crippen LogP contribution in [0.1, 0.15) is 28.0 Å². The van der Waals surface area contributed by atoms with Gasteiger partial charge < -0.3 is 9.84 Å². The van der Waals surface area contributed by atoms with Crippen LogP contribution in [-0.2, 0) is 13.1 Å². The SMILES string of the molecule is Cc1noc(CNCc2c(C)nc3sc(C)cn23)n1. The molecule has 1 N–H and O–H groups in total. The first-order valence-electron chi connectivity index (χ1n) is 6.07. The average molecular weight is 277 g/mol. The molecule has 0 fully saturated rings. The quantitative estimate of drug-likeness (QED) is 0.790. The summed E-state index contributed by atoms with van der Waals surface area (Å²) in [6.07, 6.45) is 2.12. The monoisotopic (exact) mass is 277 g/mol. The van der Waals surface area contributed by atoms with Gasteiger partial charge in [-0.15, -0.1) is 11.3 Å². The lowest BCUT2D eigenvalue weighted by atomic mass is 10.3. The number of thiazole rings is 1. The van der Waals surface area contributed by atoms with Crippen LogP contribution in [0.4, 0.5) is 0 Å². The third-order valence-corrected chi connectivity index (χ3v) is 3.78. The number of hydrogen-bond acceptors (Lipinski definition) is 6. The number of rotatable bonds is 4. The van der Waals surface area contributed by atoms with Crippen molar-refractivity contribution in [1.29, 1.82) is 0 Å². The highest BCUT2D eigenvalue weighted by Gasteiger charge is 2.11. The molecule has 0 aliphatic rings. The maximum Gasteiger partial charge on any atom is 0.240 e. The van der Waals surface area contributed by atoms with Gasteiger partial charge in [-0.1, -0.05) is 5.16 Å². The molecule has 0 radical (unpaired) electrons. The molecule has 3 aromatic rings. The first-order valence-corrected chi connectivity index (χ1v) is 6.89. The fourth-order valence-corrected chi connectivity index (χ4v) is 2.91. The van der Waals surface area contributed by atoms with E-state index in [1.54, 1.807) is 11.3 Å². The Labute approximate surface area is 114 Å². The molecule has 0 aliphatic carbocycles. The molecule has 100 valence electrons. The molecule has 0 bridgehead atoms. The van der Waals surface area contributed by atoms with E-state index in [4.69, 9.17) is 4.52 Å². The Balaban J connectivity index is 1.72. The van der Waals surface area contributed by atoms with Crippen LogP contribution >= 0.6 is 11.3 Å². The number of hydrogen-bond donors (Lipinski definition) is 1. The van der Waals surface area contributed by atoms with Gasteiger partial charge in [0.1, 0.15) is 0 Å². The molecule has 0 unspecified atom stereocenters. The Morgan fingerprint density at radius 1 is 1.26 bits per heavy atom. The van der Waals surface area contributed by atoms with Crippen molar-refractivity contribution in [3.05, 3.63) is 34.2 Å². The molecule has 0 aromatic carbocycles. The van der Waals surface area contributed by atoms with E-state index >= 15 is 0 Å². The maximum atomic E-state index is 5.06. The van der Waals surface area contributed by atoms with Crippen LogP contribution in [0.15, 0.2) is 10.7 Å². The highest BCUT2D eigenvalue weighted by molar-refractivity contribution is 7.17. The van der Waals surface area contributed by atoms with E-state index in [9.17, 15) is 0 Å². The lowest BCUT2D eigenvalue weighted by molar-refractivity contribution is 0.363. The van der Waals surface area contributed by atoms with Crippen molar-refractivity contribution < 1.29 is 4.52 Å². The summed E-state index contributed by atoms with van der Waals surface area (Å²) in [6.45, 7) is 7.23. The van der Waals surface area contributed by atoms with Crippen molar-refractivity contribution in [3.8, 4) is 0 Å². The summed E-state index contributed by atoms with van der Waals surface area (Å²) in [5.41, 5.74) is 2.23. The summed E-state index contributed by atoms with van der Waals surface area (Å²) in [4.78, 5) is 11.0. The van der Waals surface area contributed by atoms with Crippen molar-refractivity contribution in [3.63, 3.8) is 0 Å². The Morgan fingerprint density at radius 3 is 2.84 bits per heavy atom. The lowest BCUT2D eigenvalue weighted by Crippen LogP contribution is -2.15. The van der Waals surface area contributed by atoms with Crippen LogP contribution in [0.2, 0.25) is 0 Å². The maximum absolute atomic E-state index is 5.06. The molecule has 19 heavy (non-hydrogen) atoms. The summed E-state index contributed by atoms with van der Waals surface area (Å²) in [5.74, 6) is 1.27. The van der Waals surface area contributed by atoms with Gasteiger partial charge in [0.15, 0.2) is 10.8 Å². The molecule has 6 nitrogen and oxygen atoms in total. The third kappa shape index (κ3) is 2.39. The van der Waals surface area contributed by atoms with Crippen molar-refractivity contribution in [1.82, 2.24) is 24.8 Å². The van der Waals surface area contributed by atoms with Gasteiger partial charge in [-0.3, -0.25) is 4.40 Å². The fraction of sp³-hybridized carbons (Fsp3) is 0.417. The van der Waals surface area contributed by atoms with Gasteiger partial charge in [-0.2, -0.15) is 4.98 Å². The summed E-state index contributed by atoms with van der Waals surface area (Å²) in [6, 6.07) is 0. The van der Waals surface area contributed by atoms with Crippen LogP contribution < -0.4 is 5.32 Å². The number of aryl methyl sites for hydroxylation is 3. The molecule has 3 aromatic heterocycles. The second kappa shape index (κ2) is 4.75. The van der Waals surface area contributed by atoms with Crippen LogP contribution in [0, 0.1) is 20.8 Å². The molecule has 0 amide bonds. The van der Waals surface area contributed by atoms with Crippen molar-refractivity contribution in [2.45, 2.75) is 33.9 Å². The Hall–Kier alpha value is -1.73. The molecular formula is C12H15N5OS. The predicted molar refractivity (Wildman–Crippen MR) is 72.1 cm³/mol. The Bertz CT molecular complexity index is 711. The van der Waals surface area contributed by atoms with Gasteiger partial charge >= 0.3 is 0 Å². The number of fused-ring (bicyclic) bond motifs is 1. The Kier molecular flexibility index (Phi) is 3.08. The standard InChI is InChI=1S/C12H15N5OS/c1-7-6-17-10(8(2)14-12(17)19-7)4-13-5-11-15-9(3)16-18-11/h6,13H,4-5H2,1-3H3.